The van der Waals surface area contributed by atoms with Gasteiger partial charge < -0.3 is 14.0 Å². The first-order valence-electron chi connectivity index (χ1n) is 8.76. The number of rotatable bonds is 7. The van der Waals surface area contributed by atoms with E-state index in [1.807, 2.05) is 0 Å². The van der Waals surface area contributed by atoms with Crippen LogP contribution in [0.4, 0.5) is 4.39 Å². The van der Waals surface area contributed by atoms with Gasteiger partial charge in [0.05, 0.1) is 11.9 Å². The number of terminal acetylenes is 1. The molecule has 9 heteroatoms. The smallest absolute Gasteiger partial charge is 0.263 e. The SMILES string of the molecule is C#CCO/N=C/c1ccnc(C(Oc2cc(F)c3ncccc3c2)c2nnco2)c1. The molecule has 0 saturated carbocycles. The number of halogens is 1. The number of aromatic nitrogens is 4. The minimum atomic E-state index is -0.874. The molecule has 4 rings (SSSR count). The Balaban J connectivity index is 1.67. The fourth-order valence-corrected chi connectivity index (χ4v) is 2.72. The summed E-state index contributed by atoms with van der Waals surface area (Å²) in [6, 6.07) is 9.81. The number of benzene rings is 1. The molecule has 0 aliphatic heterocycles. The number of fused-ring (bicyclic) bond motifs is 1. The Hall–Kier alpha value is -4.32. The van der Waals surface area contributed by atoms with Crippen LogP contribution >= 0.6 is 0 Å². The van der Waals surface area contributed by atoms with Crippen LogP contribution in [0.3, 0.4) is 0 Å². The Morgan fingerprint density at radius 1 is 1.23 bits per heavy atom. The fourth-order valence-electron chi connectivity index (χ4n) is 2.72. The lowest BCUT2D eigenvalue weighted by atomic mass is 10.1. The van der Waals surface area contributed by atoms with Crippen LogP contribution in [0.1, 0.15) is 23.3 Å². The van der Waals surface area contributed by atoms with Gasteiger partial charge in [-0.2, -0.15) is 0 Å². The Morgan fingerprint density at radius 3 is 3.00 bits per heavy atom. The van der Waals surface area contributed by atoms with Crippen molar-refractivity contribution < 1.29 is 18.4 Å². The number of ether oxygens (including phenoxy) is 1. The van der Waals surface area contributed by atoms with Gasteiger partial charge in [-0.15, -0.1) is 16.6 Å². The van der Waals surface area contributed by atoms with E-state index in [4.69, 9.17) is 20.4 Å². The van der Waals surface area contributed by atoms with Gasteiger partial charge in [-0.25, -0.2) is 4.39 Å². The molecule has 4 aromatic rings. The molecule has 0 amide bonds. The van der Waals surface area contributed by atoms with Crippen molar-refractivity contribution in [1.82, 2.24) is 20.2 Å². The maximum absolute atomic E-state index is 14.5. The third kappa shape index (κ3) is 4.23. The number of hydrogen-bond acceptors (Lipinski definition) is 8. The molecule has 3 aromatic heterocycles. The fraction of sp³-hybridized carbons (Fsp3) is 0.0952. The van der Waals surface area contributed by atoms with Crippen LogP contribution in [-0.4, -0.2) is 33.0 Å². The number of pyridine rings is 2. The van der Waals surface area contributed by atoms with Gasteiger partial charge in [0.15, 0.2) is 12.4 Å². The standard InChI is InChI=1S/C21H14FN5O3/c1-2-8-29-26-12-14-5-7-23-18(9-14)20(21-27-25-13-28-21)30-16-10-15-4-3-6-24-19(15)17(22)11-16/h1,3-7,9-13,20H,8H2/b26-12+. The average molecular weight is 403 g/mol. The van der Waals surface area contributed by atoms with Crippen LogP contribution in [0.15, 0.2) is 64.8 Å². The average Bonchev–Trinajstić information content (AvgIpc) is 3.30. The molecule has 0 fully saturated rings. The Morgan fingerprint density at radius 2 is 2.17 bits per heavy atom. The molecule has 0 spiro atoms. The lowest BCUT2D eigenvalue weighted by Gasteiger charge is -2.16. The summed E-state index contributed by atoms with van der Waals surface area (Å²) in [4.78, 5) is 13.3. The molecule has 1 atom stereocenters. The maximum Gasteiger partial charge on any atom is 0.263 e. The van der Waals surface area contributed by atoms with Crippen molar-refractivity contribution in [3.05, 3.63) is 78.2 Å². The van der Waals surface area contributed by atoms with Gasteiger partial charge in [-0.1, -0.05) is 17.1 Å². The van der Waals surface area contributed by atoms with Gasteiger partial charge in [0.1, 0.15) is 11.3 Å². The lowest BCUT2D eigenvalue weighted by Crippen LogP contribution is -2.12. The minimum absolute atomic E-state index is 0.0601. The van der Waals surface area contributed by atoms with E-state index in [1.54, 1.807) is 36.5 Å². The third-order valence-corrected chi connectivity index (χ3v) is 3.98. The van der Waals surface area contributed by atoms with E-state index >= 15 is 0 Å². The molecule has 0 bridgehead atoms. The largest absolute Gasteiger partial charge is 0.474 e. The molecule has 1 aromatic carbocycles. The lowest BCUT2D eigenvalue weighted by molar-refractivity contribution is 0.181. The summed E-state index contributed by atoms with van der Waals surface area (Å²) in [5.74, 6) is 2.23. The molecule has 30 heavy (non-hydrogen) atoms. The van der Waals surface area contributed by atoms with Crippen molar-refractivity contribution in [3.8, 4) is 18.1 Å². The second kappa shape index (κ2) is 8.79. The number of oxime groups is 1. The molecule has 0 radical (unpaired) electrons. The Labute approximate surface area is 170 Å². The second-order valence-electron chi connectivity index (χ2n) is 5.98. The van der Waals surface area contributed by atoms with E-state index in [-0.39, 0.29) is 23.8 Å². The zero-order valence-electron chi connectivity index (χ0n) is 15.5. The first-order valence-corrected chi connectivity index (χ1v) is 8.76. The molecule has 0 N–H and O–H groups in total. The molecular formula is C21H14FN5O3. The highest BCUT2D eigenvalue weighted by Gasteiger charge is 2.24. The topological polar surface area (TPSA) is 95.5 Å². The summed E-state index contributed by atoms with van der Waals surface area (Å²) < 4.78 is 25.8. The molecule has 0 aliphatic rings. The van der Waals surface area contributed by atoms with Crippen LogP contribution in [0.25, 0.3) is 10.9 Å². The second-order valence-corrected chi connectivity index (χ2v) is 5.98. The van der Waals surface area contributed by atoms with Gasteiger partial charge >= 0.3 is 0 Å². The van der Waals surface area contributed by atoms with Crippen LogP contribution in [-0.2, 0) is 4.84 Å². The minimum Gasteiger partial charge on any atom is -0.474 e. The number of nitrogens with zero attached hydrogens (tertiary/aromatic N) is 5. The Bertz CT molecular complexity index is 1220. The first-order chi connectivity index (χ1) is 14.7. The van der Waals surface area contributed by atoms with Crippen molar-refractivity contribution in [2.24, 2.45) is 5.16 Å². The van der Waals surface area contributed by atoms with E-state index in [0.29, 0.717) is 16.6 Å². The summed E-state index contributed by atoms with van der Waals surface area (Å²) in [5, 5.41) is 12.0. The van der Waals surface area contributed by atoms with Gasteiger partial charge in [0, 0.05) is 23.8 Å². The van der Waals surface area contributed by atoms with Crippen LogP contribution in [0.2, 0.25) is 0 Å². The van der Waals surface area contributed by atoms with E-state index < -0.39 is 11.9 Å². The predicted octanol–water partition coefficient (Wildman–Crippen LogP) is 3.30. The first kappa shape index (κ1) is 19.0. The van der Waals surface area contributed by atoms with Crippen LogP contribution in [0, 0.1) is 18.2 Å². The zero-order valence-corrected chi connectivity index (χ0v) is 15.5. The third-order valence-electron chi connectivity index (χ3n) is 3.98. The molecule has 8 nitrogen and oxygen atoms in total. The molecule has 3 heterocycles. The van der Waals surface area contributed by atoms with Gasteiger partial charge in [0.25, 0.3) is 5.89 Å². The zero-order chi connectivity index (χ0) is 20.8. The monoisotopic (exact) mass is 403 g/mol. The Kier molecular flexibility index (Phi) is 5.57. The highest BCUT2D eigenvalue weighted by atomic mass is 19.1. The normalized spacial score (nSPS) is 12.0. The molecule has 148 valence electrons. The van der Waals surface area contributed by atoms with Crippen molar-refractivity contribution in [2.45, 2.75) is 6.10 Å². The summed E-state index contributed by atoms with van der Waals surface area (Å²) in [6.45, 7) is 0.0601. The van der Waals surface area contributed by atoms with E-state index in [2.05, 4.69) is 31.2 Å². The van der Waals surface area contributed by atoms with E-state index in [0.717, 1.165) is 0 Å². The van der Waals surface area contributed by atoms with Gasteiger partial charge in [0.2, 0.25) is 12.5 Å². The van der Waals surface area contributed by atoms with Gasteiger partial charge in [-0.05, 0) is 29.8 Å². The molecule has 0 saturated heterocycles. The molecule has 1 unspecified atom stereocenters. The highest BCUT2D eigenvalue weighted by Crippen LogP contribution is 2.29. The summed E-state index contributed by atoms with van der Waals surface area (Å²) in [7, 11) is 0. The molecule has 0 aliphatic carbocycles. The van der Waals surface area contributed by atoms with Gasteiger partial charge in [-0.3, -0.25) is 9.97 Å². The molecular weight excluding hydrogens is 389 g/mol. The van der Waals surface area contributed by atoms with Crippen molar-refractivity contribution >= 4 is 17.1 Å². The summed E-state index contributed by atoms with van der Waals surface area (Å²) in [5.41, 5.74) is 1.38. The summed E-state index contributed by atoms with van der Waals surface area (Å²) >= 11 is 0. The van der Waals surface area contributed by atoms with Crippen molar-refractivity contribution in [1.29, 1.82) is 0 Å². The number of hydrogen-bond donors (Lipinski definition) is 0. The van der Waals surface area contributed by atoms with Crippen LogP contribution < -0.4 is 4.74 Å². The summed E-state index contributed by atoms with van der Waals surface area (Å²) in [6.07, 6.45) is 9.99. The van der Waals surface area contributed by atoms with E-state index in [1.165, 1.54) is 24.9 Å². The van der Waals surface area contributed by atoms with Crippen molar-refractivity contribution in [2.75, 3.05) is 6.61 Å². The highest BCUT2D eigenvalue weighted by molar-refractivity contribution is 5.80. The quantitative estimate of drug-likeness (QED) is 0.202. The van der Waals surface area contributed by atoms with Crippen LogP contribution in [0.5, 0.6) is 5.75 Å². The predicted molar refractivity (Wildman–Crippen MR) is 105 cm³/mol. The van der Waals surface area contributed by atoms with Crippen molar-refractivity contribution in [3.63, 3.8) is 0 Å². The maximum atomic E-state index is 14.5. The van der Waals surface area contributed by atoms with E-state index in [9.17, 15) is 4.39 Å².